The van der Waals surface area contributed by atoms with Crippen LogP contribution in [0.3, 0.4) is 0 Å². The molecule has 0 saturated carbocycles. The van der Waals surface area contributed by atoms with Gasteiger partial charge in [-0.15, -0.1) is 0 Å². The van der Waals surface area contributed by atoms with Crippen molar-refractivity contribution in [2.45, 2.75) is 239 Å². The maximum Gasteiger partial charge on any atom is 0.306 e. The van der Waals surface area contributed by atoms with Crippen molar-refractivity contribution < 1.29 is 28.6 Å². The fourth-order valence-electron chi connectivity index (χ4n) is 7.11. The van der Waals surface area contributed by atoms with E-state index in [-0.39, 0.29) is 37.5 Å². The number of carbonyl (C=O) groups excluding carboxylic acids is 3. The molecule has 0 saturated heterocycles. The van der Waals surface area contributed by atoms with E-state index in [1.54, 1.807) is 0 Å². The Morgan fingerprint density at radius 2 is 0.621 bits per heavy atom. The number of carbonyl (C=O) groups is 3. The van der Waals surface area contributed by atoms with Crippen LogP contribution in [-0.2, 0) is 28.6 Å². The first kappa shape index (κ1) is 62.1. The molecule has 0 radical (unpaired) electrons. The lowest BCUT2D eigenvalue weighted by Gasteiger charge is -2.18. The minimum atomic E-state index is -0.819. The van der Waals surface area contributed by atoms with Crippen LogP contribution in [0.2, 0.25) is 0 Å². The first-order valence-corrected chi connectivity index (χ1v) is 27.0. The van der Waals surface area contributed by atoms with E-state index in [2.05, 4.69) is 75.5 Å². The molecule has 0 bridgehead atoms. The normalized spacial score (nSPS) is 13.0. The van der Waals surface area contributed by atoms with E-state index >= 15 is 0 Å². The molecule has 0 amide bonds. The van der Waals surface area contributed by atoms with E-state index in [0.29, 0.717) is 19.3 Å². The third-order valence-electron chi connectivity index (χ3n) is 11.2. The Hall–Kier alpha value is -3.93. The van der Waals surface area contributed by atoms with Crippen LogP contribution in [0.25, 0.3) is 0 Å². The Morgan fingerprint density at radius 3 is 1.03 bits per heavy atom. The number of esters is 3. The van der Waals surface area contributed by atoms with Crippen molar-refractivity contribution in [1.29, 1.82) is 0 Å². The van der Waals surface area contributed by atoms with Gasteiger partial charge in [-0.3, -0.25) is 14.4 Å². The van der Waals surface area contributed by atoms with Crippen LogP contribution in [0.15, 0.2) is 109 Å². The zero-order chi connectivity index (χ0) is 47.9. The third kappa shape index (κ3) is 51.1. The predicted octanol–water partition coefficient (Wildman–Crippen LogP) is 17.9. The van der Waals surface area contributed by atoms with Crippen LogP contribution in [0.4, 0.5) is 0 Å². The van der Waals surface area contributed by atoms with E-state index in [1.807, 2.05) is 54.7 Å². The van der Waals surface area contributed by atoms with Gasteiger partial charge in [0, 0.05) is 19.3 Å². The molecular weight excluding hydrogens is 817 g/mol. The fourth-order valence-corrected chi connectivity index (χ4v) is 7.11. The van der Waals surface area contributed by atoms with Crippen molar-refractivity contribution >= 4 is 17.9 Å². The average molecular weight is 915 g/mol. The second kappa shape index (κ2) is 53.7. The standard InChI is InChI=1S/C60H98O6/c1-4-7-10-13-16-19-22-25-27-29-31-32-35-38-41-44-47-50-53-59(62)65-56-57(55-64-58(61)52-49-46-43-40-37-34-24-21-18-15-12-9-6-3)66-60(63)54-51-48-45-42-39-36-33-30-28-26-23-20-17-14-11-8-5-2/h9,12,15,18,21-22,24-29,31-32,34,37,40,43,57H,4-8,10-11,13-14,16-17,19-20,23,30,33,35-36,38-39,41-42,44-56H2,1-3H3/b12-9-,18-15-,24-21-,25-22-,28-26-,29-27-,32-31-,37-34-,43-40-. The quantitative estimate of drug-likeness (QED) is 0.0199. The summed E-state index contributed by atoms with van der Waals surface area (Å²) in [6, 6.07) is 0. The topological polar surface area (TPSA) is 78.9 Å². The van der Waals surface area contributed by atoms with Gasteiger partial charge in [-0.1, -0.05) is 239 Å². The van der Waals surface area contributed by atoms with E-state index in [4.69, 9.17) is 14.2 Å². The number of ether oxygens (including phenoxy) is 3. The Bertz CT molecular complexity index is 1370. The van der Waals surface area contributed by atoms with Gasteiger partial charge in [0.05, 0.1) is 0 Å². The first-order chi connectivity index (χ1) is 32.5. The highest BCUT2D eigenvalue weighted by Gasteiger charge is 2.19. The maximum absolute atomic E-state index is 12.8. The fraction of sp³-hybridized carbons (Fsp3) is 0.650. The van der Waals surface area contributed by atoms with E-state index in [9.17, 15) is 14.4 Å². The molecule has 6 nitrogen and oxygen atoms in total. The molecule has 0 rings (SSSR count). The van der Waals surface area contributed by atoms with Crippen molar-refractivity contribution in [1.82, 2.24) is 0 Å². The van der Waals surface area contributed by atoms with Gasteiger partial charge < -0.3 is 14.2 Å². The molecule has 0 aromatic heterocycles. The summed E-state index contributed by atoms with van der Waals surface area (Å²) in [5.74, 6) is -1.02. The zero-order valence-corrected chi connectivity index (χ0v) is 42.7. The van der Waals surface area contributed by atoms with Crippen molar-refractivity contribution in [3.63, 3.8) is 0 Å². The van der Waals surface area contributed by atoms with Crippen molar-refractivity contribution in [2.24, 2.45) is 0 Å². The summed E-state index contributed by atoms with van der Waals surface area (Å²) >= 11 is 0. The minimum absolute atomic E-state index is 0.115. The number of hydrogen-bond acceptors (Lipinski definition) is 6. The summed E-state index contributed by atoms with van der Waals surface area (Å²) in [5.41, 5.74) is 0. The SMILES string of the molecule is CC\C=C/C=C\C=C/C=C\C=C/CCCC(=O)OCC(COC(=O)CCCCCCC\C=C/C=C\C=C/CCCCCCC)OC(=O)CCCCCCCCC/C=C\CCCCCCCC. The summed E-state index contributed by atoms with van der Waals surface area (Å²) in [5, 5.41) is 0. The van der Waals surface area contributed by atoms with Crippen LogP contribution in [0, 0.1) is 0 Å². The lowest BCUT2D eigenvalue weighted by atomic mass is 10.1. The van der Waals surface area contributed by atoms with Crippen molar-refractivity contribution in [3.8, 4) is 0 Å². The molecule has 66 heavy (non-hydrogen) atoms. The number of allylic oxidation sites excluding steroid dienone is 18. The number of hydrogen-bond donors (Lipinski definition) is 0. The lowest BCUT2D eigenvalue weighted by molar-refractivity contribution is -0.167. The summed E-state index contributed by atoms with van der Waals surface area (Å²) in [7, 11) is 0. The molecule has 0 N–H and O–H groups in total. The van der Waals surface area contributed by atoms with E-state index in [1.165, 1.54) is 109 Å². The summed E-state index contributed by atoms with van der Waals surface area (Å²) in [6.45, 7) is 6.38. The molecule has 0 aromatic carbocycles. The van der Waals surface area contributed by atoms with Gasteiger partial charge in [0.2, 0.25) is 0 Å². The van der Waals surface area contributed by atoms with E-state index in [0.717, 1.165) is 77.0 Å². The Balaban J connectivity index is 4.52. The molecule has 0 fully saturated rings. The number of rotatable bonds is 47. The van der Waals surface area contributed by atoms with Gasteiger partial charge in [0.1, 0.15) is 13.2 Å². The Morgan fingerprint density at radius 1 is 0.318 bits per heavy atom. The van der Waals surface area contributed by atoms with Crippen LogP contribution in [0.5, 0.6) is 0 Å². The Kier molecular flexibility index (Phi) is 50.5. The molecule has 0 aliphatic heterocycles. The lowest BCUT2D eigenvalue weighted by Crippen LogP contribution is -2.30. The van der Waals surface area contributed by atoms with Crippen LogP contribution >= 0.6 is 0 Å². The Labute approximate surface area is 406 Å². The molecule has 0 aromatic rings. The van der Waals surface area contributed by atoms with Gasteiger partial charge in [-0.05, 0) is 83.5 Å². The molecule has 0 spiro atoms. The van der Waals surface area contributed by atoms with Crippen LogP contribution in [-0.4, -0.2) is 37.2 Å². The maximum atomic E-state index is 12.8. The molecule has 6 heteroatoms. The van der Waals surface area contributed by atoms with Crippen LogP contribution in [0.1, 0.15) is 233 Å². The highest BCUT2D eigenvalue weighted by Crippen LogP contribution is 2.14. The number of unbranched alkanes of at least 4 members (excludes halogenated alkanes) is 24. The summed E-state index contributed by atoms with van der Waals surface area (Å²) < 4.78 is 16.7. The van der Waals surface area contributed by atoms with Gasteiger partial charge in [0.15, 0.2) is 6.10 Å². The van der Waals surface area contributed by atoms with Gasteiger partial charge in [-0.25, -0.2) is 0 Å². The predicted molar refractivity (Wildman–Crippen MR) is 283 cm³/mol. The highest BCUT2D eigenvalue weighted by molar-refractivity contribution is 5.71. The average Bonchev–Trinajstić information content (AvgIpc) is 3.31. The van der Waals surface area contributed by atoms with Gasteiger partial charge in [0.25, 0.3) is 0 Å². The molecule has 0 heterocycles. The summed E-state index contributed by atoms with van der Waals surface area (Å²) in [4.78, 5) is 38.0. The monoisotopic (exact) mass is 915 g/mol. The third-order valence-corrected chi connectivity index (χ3v) is 11.2. The van der Waals surface area contributed by atoms with Crippen molar-refractivity contribution in [3.05, 3.63) is 109 Å². The van der Waals surface area contributed by atoms with Crippen molar-refractivity contribution in [2.75, 3.05) is 13.2 Å². The molecule has 1 unspecified atom stereocenters. The second-order valence-corrected chi connectivity index (χ2v) is 17.6. The van der Waals surface area contributed by atoms with Gasteiger partial charge in [-0.2, -0.15) is 0 Å². The van der Waals surface area contributed by atoms with E-state index < -0.39 is 6.10 Å². The smallest absolute Gasteiger partial charge is 0.306 e. The molecule has 0 aliphatic rings. The highest BCUT2D eigenvalue weighted by atomic mass is 16.6. The molecular formula is C60H98O6. The second-order valence-electron chi connectivity index (χ2n) is 17.6. The largest absolute Gasteiger partial charge is 0.462 e. The molecule has 0 aliphatic carbocycles. The van der Waals surface area contributed by atoms with Crippen LogP contribution < -0.4 is 0 Å². The van der Waals surface area contributed by atoms with Gasteiger partial charge >= 0.3 is 17.9 Å². The summed E-state index contributed by atoms with van der Waals surface area (Å²) in [6.07, 6.45) is 72.2. The molecule has 1 atom stereocenters. The molecule has 374 valence electrons. The zero-order valence-electron chi connectivity index (χ0n) is 42.7. The minimum Gasteiger partial charge on any atom is -0.462 e. The first-order valence-electron chi connectivity index (χ1n) is 27.0.